The molecular formula is C23H28N2O7S. The van der Waals surface area contributed by atoms with Crippen LogP contribution < -0.4 is 14.8 Å². The van der Waals surface area contributed by atoms with E-state index in [2.05, 4.69) is 5.32 Å². The van der Waals surface area contributed by atoms with Crippen molar-refractivity contribution in [2.45, 2.75) is 37.2 Å². The van der Waals surface area contributed by atoms with E-state index in [1.54, 1.807) is 30.3 Å². The van der Waals surface area contributed by atoms with Gasteiger partial charge in [0.25, 0.3) is 5.91 Å². The van der Waals surface area contributed by atoms with Crippen molar-refractivity contribution in [3.63, 3.8) is 0 Å². The number of sulfonamides is 1. The lowest BCUT2D eigenvalue weighted by atomic mass is 10.2. The third-order valence-electron chi connectivity index (χ3n) is 5.39. The number of hydrogen-bond donors (Lipinski definition) is 1. The number of hydrogen-bond acceptors (Lipinski definition) is 7. The molecule has 1 heterocycles. The molecule has 1 amide bonds. The van der Waals surface area contributed by atoms with Crippen LogP contribution in [-0.2, 0) is 30.9 Å². The number of esters is 1. The van der Waals surface area contributed by atoms with Crippen LogP contribution in [0.1, 0.15) is 24.0 Å². The molecule has 0 saturated carbocycles. The van der Waals surface area contributed by atoms with E-state index < -0.39 is 34.5 Å². The number of nitrogens with one attached hydrogen (secondary N) is 1. The Bertz CT molecular complexity index is 1100. The van der Waals surface area contributed by atoms with E-state index >= 15 is 0 Å². The Morgan fingerprint density at radius 1 is 1.06 bits per heavy atom. The molecule has 1 aliphatic heterocycles. The Balaban J connectivity index is 1.55. The molecule has 3 rings (SSSR count). The maximum atomic E-state index is 13.0. The van der Waals surface area contributed by atoms with Crippen molar-refractivity contribution >= 4 is 21.9 Å². The van der Waals surface area contributed by atoms with Crippen LogP contribution in [-0.4, -0.2) is 58.0 Å². The lowest BCUT2D eigenvalue weighted by molar-refractivity contribution is -0.151. The van der Waals surface area contributed by atoms with Gasteiger partial charge in [0.1, 0.15) is 6.04 Å². The van der Waals surface area contributed by atoms with Crippen LogP contribution in [0.2, 0.25) is 0 Å². The number of nitrogens with zero attached hydrogens (tertiary/aromatic N) is 1. The fraction of sp³-hybridized carbons (Fsp3) is 0.391. The quantitative estimate of drug-likeness (QED) is 0.551. The fourth-order valence-corrected chi connectivity index (χ4v) is 5.23. The zero-order valence-corrected chi connectivity index (χ0v) is 19.7. The second-order valence-electron chi connectivity index (χ2n) is 7.66. The summed E-state index contributed by atoms with van der Waals surface area (Å²) in [6.07, 6.45) is 0.882. The highest BCUT2D eigenvalue weighted by molar-refractivity contribution is 7.89. The average molecular weight is 477 g/mol. The van der Waals surface area contributed by atoms with Gasteiger partial charge < -0.3 is 19.5 Å². The standard InChI is InChI=1S/C23H28N2O7S/c1-16-6-9-18(10-7-16)33(28,29)25-12-4-5-19(25)23(27)32-15-22(26)24-14-17-8-11-20(30-2)21(13-17)31-3/h6-11,13,19H,4-5,12,14-15H2,1-3H3,(H,24,26). The maximum Gasteiger partial charge on any atom is 0.324 e. The van der Waals surface area contributed by atoms with Crippen molar-refractivity contribution in [2.75, 3.05) is 27.4 Å². The molecule has 2 aromatic carbocycles. The van der Waals surface area contributed by atoms with Crippen molar-refractivity contribution in [1.82, 2.24) is 9.62 Å². The molecule has 2 aromatic rings. The number of ether oxygens (including phenoxy) is 3. The van der Waals surface area contributed by atoms with E-state index in [1.807, 2.05) is 6.92 Å². The first-order valence-corrected chi connectivity index (χ1v) is 11.9. The Morgan fingerprint density at radius 2 is 1.76 bits per heavy atom. The second-order valence-corrected chi connectivity index (χ2v) is 9.55. The van der Waals surface area contributed by atoms with Crippen molar-refractivity contribution in [3.05, 3.63) is 53.6 Å². The lowest BCUT2D eigenvalue weighted by Gasteiger charge is -2.22. The summed E-state index contributed by atoms with van der Waals surface area (Å²) in [5.41, 5.74) is 1.71. The molecule has 1 saturated heterocycles. The third kappa shape index (κ3) is 5.82. The van der Waals surface area contributed by atoms with Gasteiger partial charge in [0, 0.05) is 13.1 Å². The van der Waals surface area contributed by atoms with Gasteiger partial charge in [0.15, 0.2) is 18.1 Å². The van der Waals surface area contributed by atoms with Crippen LogP contribution in [0.3, 0.4) is 0 Å². The Morgan fingerprint density at radius 3 is 2.42 bits per heavy atom. The Hall–Kier alpha value is -3.11. The molecule has 0 aliphatic carbocycles. The molecule has 1 aliphatic rings. The molecule has 178 valence electrons. The molecule has 0 aromatic heterocycles. The number of carbonyl (C=O) groups is 2. The third-order valence-corrected chi connectivity index (χ3v) is 7.31. The van der Waals surface area contributed by atoms with E-state index in [9.17, 15) is 18.0 Å². The summed E-state index contributed by atoms with van der Waals surface area (Å²) in [6.45, 7) is 1.79. The van der Waals surface area contributed by atoms with Crippen LogP contribution in [0.4, 0.5) is 0 Å². The van der Waals surface area contributed by atoms with Gasteiger partial charge in [-0.3, -0.25) is 9.59 Å². The van der Waals surface area contributed by atoms with E-state index in [-0.39, 0.29) is 18.0 Å². The van der Waals surface area contributed by atoms with Crippen LogP contribution in [0.25, 0.3) is 0 Å². The summed E-state index contributed by atoms with van der Waals surface area (Å²) in [7, 11) is -0.785. The number of amides is 1. The van der Waals surface area contributed by atoms with Gasteiger partial charge in [-0.15, -0.1) is 0 Å². The van der Waals surface area contributed by atoms with E-state index in [0.29, 0.717) is 24.3 Å². The van der Waals surface area contributed by atoms with E-state index in [0.717, 1.165) is 15.4 Å². The first-order chi connectivity index (χ1) is 15.8. The minimum Gasteiger partial charge on any atom is -0.493 e. The Labute approximate surface area is 193 Å². The molecule has 0 radical (unpaired) electrons. The van der Waals surface area contributed by atoms with Gasteiger partial charge in [-0.05, 0) is 49.6 Å². The molecule has 10 heteroatoms. The minimum absolute atomic E-state index is 0.125. The molecule has 9 nitrogen and oxygen atoms in total. The highest BCUT2D eigenvalue weighted by Crippen LogP contribution is 2.28. The zero-order valence-electron chi connectivity index (χ0n) is 18.9. The first-order valence-electron chi connectivity index (χ1n) is 10.5. The van der Waals surface area contributed by atoms with Gasteiger partial charge in [-0.2, -0.15) is 4.31 Å². The van der Waals surface area contributed by atoms with Crippen LogP contribution in [0.15, 0.2) is 47.4 Å². The lowest BCUT2D eigenvalue weighted by Crippen LogP contribution is -2.42. The molecule has 1 atom stereocenters. The average Bonchev–Trinajstić information content (AvgIpc) is 3.32. The van der Waals surface area contributed by atoms with Crippen molar-refractivity contribution in [1.29, 1.82) is 0 Å². The predicted octanol–water partition coefficient (Wildman–Crippen LogP) is 2.02. The SMILES string of the molecule is COc1ccc(CNC(=O)COC(=O)C2CCCN2S(=O)(=O)c2ccc(C)cc2)cc1OC. The largest absolute Gasteiger partial charge is 0.493 e. The molecule has 0 bridgehead atoms. The highest BCUT2D eigenvalue weighted by atomic mass is 32.2. The molecule has 1 unspecified atom stereocenters. The molecule has 1 N–H and O–H groups in total. The second kappa shape index (κ2) is 10.7. The molecule has 0 spiro atoms. The predicted molar refractivity (Wildman–Crippen MR) is 120 cm³/mol. The normalized spacial score (nSPS) is 16.3. The minimum atomic E-state index is -3.84. The van der Waals surface area contributed by atoms with Gasteiger partial charge in [0.2, 0.25) is 10.0 Å². The van der Waals surface area contributed by atoms with Crippen LogP contribution in [0, 0.1) is 6.92 Å². The first kappa shape index (κ1) is 24.5. The van der Waals surface area contributed by atoms with Crippen LogP contribution in [0.5, 0.6) is 11.5 Å². The smallest absolute Gasteiger partial charge is 0.324 e. The van der Waals surface area contributed by atoms with Gasteiger partial charge in [-0.1, -0.05) is 23.8 Å². The number of benzene rings is 2. The molecule has 1 fully saturated rings. The Kier molecular flexibility index (Phi) is 7.93. The number of aryl methyl sites for hydroxylation is 1. The maximum absolute atomic E-state index is 13.0. The summed E-state index contributed by atoms with van der Waals surface area (Å²) in [5, 5.41) is 2.66. The van der Waals surface area contributed by atoms with Gasteiger partial charge >= 0.3 is 5.97 Å². The molecular weight excluding hydrogens is 448 g/mol. The summed E-state index contributed by atoms with van der Waals surface area (Å²) in [6, 6.07) is 10.7. The topological polar surface area (TPSA) is 111 Å². The van der Waals surface area contributed by atoms with Gasteiger partial charge in [0.05, 0.1) is 19.1 Å². The number of methoxy groups -OCH3 is 2. The summed E-state index contributed by atoms with van der Waals surface area (Å²) >= 11 is 0. The van der Waals surface area contributed by atoms with Crippen LogP contribution >= 0.6 is 0 Å². The number of carbonyl (C=O) groups excluding carboxylic acids is 2. The number of rotatable bonds is 9. The van der Waals surface area contributed by atoms with Crippen molar-refractivity contribution in [2.24, 2.45) is 0 Å². The molecule has 33 heavy (non-hydrogen) atoms. The highest BCUT2D eigenvalue weighted by Gasteiger charge is 2.40. The summed E-state index contributed by atoms with van der Waals surface area (Å²) in [5.74, 6) is -0.122. The van der Waals surface area contributed by atoms with E-state index in [4.69, 9.17) is 14.2 Å². The summed E-state index contributed by atoms with van der Waals surface area (Å²) < 4.78 is 42.7. The zero-order chi connectivity index (χ0) is 24.0. The fourth-order valence-electron chi connectivity index (χ4n) is 3.58. The summed E-state index contributed by atoms with van der Waals surface area (Å²) in [4.78, 5) is 24.9. The van der Waals surface area contributed by atoms with E-state index in [1.165, 1.54) is 26.4 Å². The van der Waals surface area contributed by atoms with Crippen molar-refractivity contribution in [3.8, 4) is 11.5 Å². The van der Waals surface area contributed by atoms with Crippen molar-refractivity contribution < 1.29 is 32.2 Å². The van der Waals surface area contributed by atoms with Gasteiger partial charge in [-0.25, -0.2) is 8.42 Å². The monoisotopic (exact) mass is 476 g/mol.